The highest BCUT2D eigenvalue weighted by Crippen LogP contribution is 2.22. The summed E-state index contributed by atoms with van der Waals surface area (Å²) < 4.78 is 5.39. The van der Waals surface area contributed by atoms with Crippen molar-refractivity contribution >= 4 is 17.4 Å². The molecule has 1 unspecified atom stereocenters. The van der Waals surface area contributed by atoms with E-state index in [4.69, 9.17) is 4.74 Å². The van der Waals surface area contributed by atoms with E-state index in [0.29, 0.717) is 17.8 Å². The molecule has 1 heterocycles. The van der Waals surface area contributed by atoms with Crippen molar-refractivity contribution in [2.45, 2.75) is 25.9 Å². The zero-order valence-electron chi connectivity index (χ0n) is 11.2. The average Bonchev–Trinajstić information content (AvgIpc) is 2.91. The summed E-state index contributed by atoms with van der Waals surface area (Å²) in [7, 11) is 0. The van der Waals surface area contributed by atoms with Gasteiger partial charge in [-0.15, -0.1) is 0 Å². The molecule has 1 aromatic rings. The Hall–Kier alpha value is -2.15. The highest BCUT2D eigenvalue weighted by molar-refractivity contribution is 5.89. The molecular formula is C13H17N3O4. The van der Waals surface area contributed by atoms with E-state index in [9.17, 15) is 14.9 Å². The first-order valence-corrected chi connectivity index (χ1v) is 6.48. The lowest BCUT2D eigenvalue weighted by Crippen LogP contribution is -2.35. The van der Waals surface area contributed by atoms with E-state index in [0.717, 1.165) is 19.4 Å². The summed E-state index contributed by atoms with van der Waals surface area (Å²) in [6.07, 6.45) is 2.02. The number of nitro groups is 1. The smallest absolute Gasteiger partial charge is 0.319 e. The topological polar surface area (TPSA) is 93.5 Å². The predicted octanol–water partition coefficient (Wildman–Crippen LogP) is 2.20. The molecule has 2 rings (SSSR count). The van der Waals surface area contributed by atoms with Crippen LogP contribution in [-0.4, -0.2) is 30.2 Å². The van der Waals surface area contributed by atoms with Gasteiger partial charge in [-0.25, -0.2) is 4.79 Å². The van der Waals surface area contributed by atoms with Crippen LogP contribution in [0.15, 0.2) is 18.2 Å². The summed E-state index contributed by atoms with van der Waals surface area (Å²) in [6.45, 7) is 2.83. The lowest BCUT2D eigenvalue weighted by Gasteiger charge is -2.11. The number of urea groups is 1. The number of hydrogen-bond donors (Lipinski definition) is 2. The molecule has 1 aromatic carbocycles. The van der Waals surface area contributed by atoms with E-state index in [1.807, 2.05) is 0 Å². The highest BCUT2D eigenvalue weighted by atomic mass is 16.6. The fourth-order valence-electron chi connectivity index (χ4n) is 2.07. The molecule has 108 valence electrons. The van der Waals surface area contributed by atoms with Gasteiger partial charge in [0.25, 0.3) is 5.69 Å². The Bertz CT molecular complexity index is 512. The number of anilines is 1. The third-order valence-electron chi connectivity index (χ3n) is 3.18. The van der Waals surface area contributed by atoms with E-state index in [1.54, 1.807) is 19.1 Å². The van der Waals surface area contributed by atoms with Crippen LogP contribution in [-0.2, 0) is 4.74 Å². The number of aryl methyl sites for hydroxylation is 1. The molecule has 1 atom stereocenters. The second-order valence-electron chi connectivity index (χ2n) is 4.73. The van der Waals surface area contributed by atoms with Gasteiger partial charge >= 0.3 is 6.03 Å². The van der Waals surface area contributed by atoms with Gasteiger partial charge in [0.2, 0.25) is 0 Å². The molecule has 7 nitrogen and oxygen atoms in total. The Morgan fingerprint density at radius 2 is 2.35 bits per heavy atom. The lowest BCUT2D eigenvalue weighted by molar-refractivity contribution is -0.385. The van der Waals surface area contributed by atoms with Gasteiger partial charge in [-0.1, -0.05) is 6.07 Å². The summed E-state index contributed by atoms with van der Waals surface area (Å²) in [5.41, 5.74) is 0.939. The van der Waals surface area contributed by atoms with E-state index in [2.05, 4.69) is 10.6 Å². The monoisotopic (exact) mass is 279 g/mol. The van der Waals surface area contributed by atoms with Crippen molar-refractivity contribution in [1.82, 2.24) is 5.32 Å². The maximum atomic E-state index is 11.7. The standard InChI is InChI=1S/C13H17N3O4/c1-9-4-5-10(7-12(9)16(18)19)15-13(17)14-8-11-3-2-6-20-11/h4-5,7,11H,2-3,6,8H2,1H3,(H2,14,15,17). The van der Waals surface area contributed by atoms with Gasteiger partial charge in [-0.3, -0.25) is 10.1 Å². The van der Waals surface area contributed by atoms with Gasteiger partial charge in [0.05, 0.1) is 11.0 Å². The number of benzene rings is 1. The normalized spacial score (nSPS) is 17.8. The molecule has 0 saturated carbocycles. The number of ether oxygens (including phenoxy) is 1. The van der Waals surface area contributed by atoms with Gasteiger partial charge in [0.15, 0.2) is 0 Å². The minimum atomic E-state index is -0.467. The summed E-state index contributed by atoms with van der Waals surface area (Å²) in [4.78, 5) is 22.0. The van der Waals surface area contributed by atoms with E-state index in [-0.39, 0.29) is 11.8 Å². The number of nitro benzene ring substituents is 1. The average molecular weight is 279 g/mol. The van der Waals surface area contributed by atoms with Crippen LogP contribution in [0.1, 0.15) is 18.4 Å². The summed E-state index contributed by atoms with van der Waals surface area (Å²) >= 11 is 0. The fraction of sp³-hybridized carbons (Fsp3) is 0.462. The number of rotatable bonds is 4. The minimum absolute atomic E-state index is 0.0121. The predicted molar refractivity (Wildman–Crippen MR) is 73.8 cm³/mol. The molecule has 0 spiro atoms. The van der Waals surface area contributed by atoms with Gasteiger partial charge in [0.1, 0.15) is 0 Å². The van der Waals surface area contributed by atoms with Crippen LogP contribution in [0.2, 0.25) is 0 Å². The molecule has 20 heavy (non-hydrogen) atoms. The molecule has 0 bridgehead atoms. The zero-order chi connectivity index (χ0) is 14.5. The van der Waals surface area contributed by atoms with Crippen LogP contribution in [0.5, 0.6) is 0 Å². The fourth-order valence-corrected chi connectivity index (χ4v) is 2.07. The second kappa shape index (κ2) is 6.33. The number of carbonyl (C=O) groups is 1. The molecule has 2 N–H and O–H groups in total. The molecule has 0 aliphatic carbocycles. The molecule has 0 aromatic heterocycles. The van der Waals surface area contributed by atoms with E-state index >= 15 is 0 Å². The molecule has 7 heteroatoms. The molecule has 2 amide bonds. The van der Waals surface area contributed by atoms with Crippen molar-refractivity contribution in [3.8, 4) is 0 Å². The molecule has 0 radical (unpaired) electrons. The van der Waals surface area contributed by atoms with Gasteiger partial charge in [0, 0.05) is 30.5 Å². The summed E-state index contributed by atoms with van der Waals surface area (Å²) in [5, 5.41) is 16.1. The SMILES string of the molecule is Cc1ccc(NC(=O)NCC2CCCO2)cc1[N+](=O)[O-]. The Balaban J connectivity index is 1.90. The molecule has 1 saturated heterocycles. The van der Waals surface area contributed by atoms with Gasteiger partial charge in [-0.2, -0.15) is 0 Å². The van der Waals surface area contributed by atoms with Crippen molar-refractivity contribution in [2.75, 3.05) is 18.5 Å². The zero-order valence-corrected chi connectivity index (χ0v) is 11.2. The van der Waals surface area contributed by atoms with Crippen molar-refractivity contribution < 1.29 is 14.5 Å². The number of carbonyl (C=O) groups excluding carboxylic acids is 1. The molecule has 1 aliphatic heterocycles. The summed E-state index contributed by atoms with van der Waals surface area (Å²) in [5.74, 6) is 0. The van der Waals surface area contributed by atoms with Gasteiger partial charge < -0.3 is 15.4 Å². The lowest BCUT2D eigenvalue weighted by atomic mass is 10.2. The third kappa shape index (κ3) is 3.67. The Kier molecular flexibility index (Phi) is 4.52. The van der Waals surface area contributed by atoms with E-state index in [1.165, 1.54) is 6.07 Å². The maximum Gasteiger partial charge on any atom is 0.319 e. The van der Waals surface area contributed by atoms with Crippen LogP contribution in [0, 0.1) is 17.0 Å². The number of nitrogens with one attached hydrogen (secondary N) is 2. The highest BCUT2D eigenvalue weighted by Gasteiger charge is 2.16. The summed E-state index contributed by atoms with van der Waals surface area (Å²) in [6, 6.07) is 4.20. The third-order valence-corrected chi connectivity index (χ3v) is 3.18. The van der Waals surface area contributed by atoms with Crippen molar-refractivity contribution in [1.29, 1.82) is 0 Å². The number of amides is 2. The van der Waals surface area contributed by atoms with Crippen LogP contribution >= 0.6 is 0 Å². The minimum Gasteiger partial charge on any atom is -0.376 e. The van der Waals surface area contributed by atoms with Crippen LogP contribution < -0.4 is 10.6 Å². The van der Waals surface area contributed by atoms with Gasteiger partial charge in [-0.05, 0) is 25.8 Å². The van der Waals surface area contributed by atoms with E-state index < -0.39 is 11.0 Å². The maximum absolute atomic E-state index is 11.7. The quantitative estimate of drug-likeness (QED) is 0.652. The number of nitrogens with zero attached hydrogens (tertiary/aromatic N) is 1. The van der Waals surface area contributed by atoms with Crippen molar-refractivity contribution in [2.24, 2.45) is 0 Å². The molecule has 1 fully saturated rings. The first-order valence-electron chi connectivity index (χ1n) is 6.48. The van der Waals surface area contributed by atoms with Crippen molar-refractivity contribution in [3.63, 3.8) is 0 Å². The first-order chi connectivity index (χ1) is 9.56. The van der Waals surface area contributed by atoms with Crippen LogP contribution in [0.25, 0.3) is 0 Å². The van der Waals surface area contributed by atoms with Crippen LogP contribution in [0.3, 0.4) is 0 Å². The van der Waals surface area contributed by atoms with Crippen molar-refractivity contribution in [3.05, 3.63) is 33.9 Å². The Labute approximate surface area is 116 Å². The molecule has 1 aliphatic rings. The first kappa shape index (κ1) is 14.3. The number of hydrogen-bond acceptors (Lipinski definition) is 4. The largest absolute Gasteiger partial charge is 0.376 e. The Morgan fingerprint density at radius 3 is 3.00 bits per heavy atom. The molecular weight excluding hydrogens is 262 g/mol. The van der Waals surface area contributed by atoms with Crippen LogP contribution in [0.4, 0.5) is 16.2 Å². The Morgan fingerprint density at radius 1 is 1.55 bits per heavy atom. The second-order valence-corrected chi connectivity index (χ2v) is 4.73.